The number of carbonyl (C=O) groups excluding carboxylic acids is 1. The summed E-state index contributed by atoms with van der Waals surface area (Å²) in [7, 11) is 0. The Morgan fingerprint density at radius 3 is 2.50 bits per heavy atom. The molecule has 4 heteroatoms. The van der Waals surface area contributed by atoms with Gasteiger partial charge in [0.2, 0.25) is 5.91 Å². The van der Waals surface area contributed by atoms with E-state index in [9.17, 15) is 4.79 Å². The molecule has 1 heterocycles. The number of unbranched alkanes of at least 4 members (excludes halogenated alkanes) is 2. The Labute approximate surface area is 212 Å². The first-order valence-electron chi connectivity index (χ1n) is 12.6. The number of aryl methyl sites for hydroxylation is 1. The molecule has 1 aromatic heterocycles. The Morgan fingerprint density at radius 1 is 0.889 bits per heavy atom. The molecule has 1 amide bonds. The van der Waals surface area contributed by atoms with Crippen LogP contribution in [0.3, 0.4) is 0 Å². The van der Waals surface area contributed by atoms with Crippen LogP contribution >= 0.6 is 0 Å². The van der Waals surface area contributed by atoms with E-state index in [1.54, 1.807) is 6.07 Å². The van der Waals surface area contributed by atoms with Crippen LogP contribution in [0.1, 0.15) is 53.2 Å². The normalized spacial score (nSPS) is 11.2. The summed E-state index contributed by atoms with van der Waals surface area (Å²) in [4.78, 5) is 12.3. The third-order valence-electron chi connectivity index (χ3n) is 6.68. The highest BCUT2D eigenvalue weighted by molar-refractivity contribution is 6.17. The fourth-order valence-corrected chi connectivity index (χ4v) is 4.86. The van der Waals surface area contributed by atoms with E-state index in [1.165, 1.54) is 18.4 Å². The molecule has 0 atom stereocenters. The number of rotatable bonds is 10. The fourth-order valence-electron chi connectivity index (χ4n) is 4.86. The SMILES string of the molecule is CCCCCc1c[c]c2c3c(C(N)=O)cccc3n(Cc3cccc(OCc4ccccc4)c3)c2c1. The van der Waals surface area contributed by atoms with Crippen molar-refractivity contribution in [3.05, 3.63) is 113 Å². The van der Waals surface area contributed by atoms with Crippen molar-refractivity contribution >= 4 is 27.7 Å². The van der Waals surface area contributed by atoms with E-state index in [-0.39, 0.29) is 0 Å². The molecule has 36 heavy (non-hydrogen) atoms. The highest BCUT2D eigenvalue weighted by Crippen LogP contribution is 2.33. The van der Waals surface area contributed by atoms with Gasteiger partial charge in [-0.25, -0.2) is 0 Å². The van der Waals surface area contributed by atoms with Gasteiger partial charge in [-0.1, -0.05) is 74.4 Å². The summed E-state index contributed by atoms with van der Waals surface area (Å²) in [6.45, 7) is 3.39. The number of nitrogens with zero attached hydrogens (tertiary/aromatic N) is 1. The Balaban J connectivity index is 1.53. The van der Waals surface area contributed by atoms with Crippen LogP contribution in [0.25, 0.3) is 21.8 Å². The van der Waals surface area contributed by atoms with E-state index in [0.717, 1.165) is 51.5 Å². The molecule has 5 rings (SSSR count). The zero-order valence-corrected chi connectivity index (χ0v) is 20.7. The number of carbonyl (C=O) groups is 1. The monoisotopic (exact) mass is 475 g/mol. The van der Waals surface area contributed by atoms with E-state index < -0.39 is 5.91 Å². The quantitative estimate of drug-likeness (QED) is 0.220. The molecule has 0 saturated carbocycles. The predicted molar refractivity (Wildman–Crippen MR) is 146 cm³/mol. The van der Waals surface area contributed by atoms with Crippen LogP contribution in [-0.4, -0.2) is 10.5 Å². The van der Waals surface area contributed by atoms with Crippen molar-refractivity contribution in [3.8, 4) is 5.75 Å². The average Bonchev–Trinajstić information content (AvgIpc) is 3.21. The third-order valence-corrected chi connectivity index (χ3v) is 6.68. The van der Waals surface area contributed by atoms with E-state index in [4.69, 9.17) is 10.5 Å². The van der Waals surface area contributed by atoms with E-state index in [0.29, 0.717) is 18.7 Å². The number of amides is 1. The Hall–Kier alpha value is -4.05. The number of benzene rings is 4. The molecular weight excluding hydrogens is 444 g/mol. The summed E-state index contributed by atoms with van der Waals surface area (Å²) in [5.74, 6) is 0.415. The smallest absolute Gasteiger partial charge is 0.249 e. The van der Waals surface area contributed by atoms with Crippen molar-refractivity contribution in [2.75, 3.05) is 0 Å². The standard InChI is InChI=1S/C32H31N2O2/c1-2-3-5-10-23-17-18-27-30(20-23)34(29-16-9-15-28(31(27)29)32(33)35)21-25-13-8-14-26(19-25)36-22-24-11-6-4-7-12-24/h4,6-9,11-17,19-20H,2-3,5,10,21-22H2,1H3,(H2,33,35). The molecule has 4 nitrogen and oxygen atoms in total. The van der Waals surface area contributed by atoms with Crippen molar-refractivity contribution in [1.29, 1.82) is 0 Å². The Kier molecular flexibility index (Phi) is 7.03. The minimum atomic E-state index is -0.420. The number of hydrogen-bond acceptors (Lipinski definition) is 2. The van der Waals surface area contributed by atoms with Gasteiger partial charge in [-0.3, -0.25) is 4.79 Å². The minimum absolute atomic E-state index is 0.420. The molecule has 181 valence electrons. The molecule has 0 aliphatic heterocycles. The van der Waals surface area contributed by atoms with Gasteiger partial charge in [0, 0.05) is 22.9 Å². The molecular formula is C32H31N2O2. The minimum Gasteiger partial charge on any atom is -0.489 e. The third kappa shape index (κ3) is 4.99. The number of fused-ring (bicyclic) bond motifs is 3. The second-order valence-corrected chi connectivity index (χ2v) is 9.30. The van der Waals surface area contributed by atoms with Gasteiger partial charge in [-0.05, 0) is 65.9 Å². The lowest BCUT2D eigenvalue weighted by Gasteiger charge is -2.11. The van der Waals surface area contributed by atoms with Crippen molar-refractivity contribution in [2.24, 2.45) is 5.73 Å². The molecule has 2 N–H and O–H groups in total. The average molecular weight is 476 g/mol. The van der Waals surface area contributed by atoms with Gasteiger partial charge in [-0.2, -0.15) is 0 Å². The number of aromatic nitrogens is 1. The molecule has 1 radical (unpaired) electrons. The largest absolute Gasteiger partial charge is 0.489 e. The lowest BCUT2D eigenvalue weighted by Crippen LogP contribution is -2.11. The van der Waals surface area contributed by atoms with Gasteiger partial charge in [-0.15, -0.1) is 0 Å². The second-order valence-electron chi connectivity index (χ2n) is 9.30. The topological polar surface area (TPSA) is 57.2 Å². The molecule has 0 aliphatic carbocycles. The molecule has 0 fully saturated rings. The summed E-state index contributed by atoms with van der Waals surface area (Å²) >= 11 is 0. The van der Waals surface area contributed by atoms with Crippen LogP contribution in [0.2, 0.25) is 0 Å². The van der Waals surface area contributed by atoms with Crippen LogP contribution in [0.15, 0.2) is 84.9 Å². The van der Waals surface area contributed by atoms with Crippen molar-refractivity contribution in [3.63, 3.8) is 0 Å². The summed E-state index contributed by atoms with van der Waals surface area (Å²) in [5.41, 5.74) is 11.9. The highest BCUT2D eigenvalue weighted by Gasteiger charge is 2.17. The van der Waals surface area contributed by atoms with Crippen LogP contribution in [0.4, 0.5) is 0 Å². The number of primary amides is 1. The van der Waals surface area contributed by atoms with Crippen molar-refractivity contribution < 1.29 is 9.53 Å². The maximum Gasteiger partial charge on any atom is 0.249 e. The van der Waals surface area contributed by atoms with E-state index in [2.05, 4.69) is 60.0 Å². The molecule has 0 spiro atoms. The van der Waals surface area contributed by atoms with Crippen molar-refractivity contribution in [2.45, 2.75) is 45.8 Å². The lowest BCUT2D eigenvalue weighted by atomic mass is 10.0. The molecule has 4 aromatic carbocycles. The van der Waals surface area contributed by atoms with Crippen molar-refractivity contribution in [1.82, 2.24) is 4.57 Å². The van der Waals surface area contributed by atoms with Gasteiger partial charge >= 0.3 is 0 Å². The molecule has 0 unspecified atom stereocenters. The zero-order chi connectivity index (χ0) is 24.9. The van der Waals surface area contributed by atoms with Gasteiger partial charge in [0.25, 0.3) is 0 Å². The van der Waals surface area contributed by atoms with Crippen LogP contribution in [0.5, 0.6) is 5.75 Å². The van der Waals surface area contributed by atoms with Gasteiger partial charge in [0.05, 0.1) is 11.0 Å². The second kappa shape index (κ2) is 10.7. The van der Waals surface area contributed by atoms with Crippen LogP contribution < -0.4 is 10.5 Å². The van der Waals surface area contributed by atoms with E-state index in [1.807, 2.05) is 36.4 Å². The lowest BCUT2D eigenvalue weighted by molar-refractivity contribution is 0.100. The Bertz CT molecular complexity index is 1500. The molecule has 0 saturated heterocycles. The number of hydrogen-bond donors (Lipinski definition) is 1. The first-order valence-corrected chi connectivity index (χ1v) is 12.6. The summed E-state index contributed by atoms with van der Waals surface area (Å²) in [6.07, 6.45) is 4.58. The first-order chi connectivity index (χ1) is 17.6. The summed E-state index contributed by atoms with van der Waals surface area (Å²) in [5, 5.41) is 1.81. The van der Waals surface area contributed by atoms with Crippen LogP contribution in [0, 0.1) is 6.07 Å². The highest BCUT2D eigenvalue weighted by atomic mass is 16.5. The Morgan fingerprint density at radius 2 is 1.69 bits per heavy atom. The molecule has 0 bridgehead atoms. The molecule has 5 aromatic rings. The first kappa shape index (κ1) is 23.7. The fraction of sp³-hybridized carbons (Fsp3) is 0.219. The number of ether oxygens (including phenoxy) is 1. The number of nitrogens with two attached hydrogens (primary N) is 1. The predicted octanol–water partition coefficient (Wildman–Crippen LogP) is 7.05. The summed E-state index contributed by atoms with van der Waals surface area (Å²) in [6, 6.07) is 32.0. The maximum atomic E-state index is 12.3. The van der Waals surface area contributed by atoms with Gasteiger partial charge < -0.3 is 15.0 Å². The van der Waals surface area contributed by atoms with Crippen LogP contribution in [-0.2, 0) is 19.6 Å². The van der Waals surface area contributed by atoms with E-state index >= 15 is 0 Å². The van der Waals surface area contributed by atoms with Gasteiger partial charge in [0.15, 0.2) is 0 Å². The van der Waals surface area contributed by atoms with Gasteiger partial charge in [0.1, 0.15) is 12.4 Å². The molecule has 0 aliphatic rings. The maximum absolute atomic E-state index is 12.3. The summed E-state index contributed by atoms with van der Waals surface area (Å²) < 4.78 is 8.35. The zero-order valence-electron chi connectivity index (χ0n) is 20.7.